The second-order valence-corrected chi connectivity index (χ2v) is 10.1. The molecule has 1 N–H and O–H groups in total. The topological polar surface area (TPSA) is 75.7 Å². The Hall–Kier alpha value is -2.68. The standard InChI is InChI=1S/C24H25BrN2O4S/c1-18(20-9-6-10-21(25)15-20)26-24(28)17-27(16-19-7-4-3-5-8-19)32(29,30)23-13-11-22(31-2)12-14-23/h3-15,18H,16-17H2,1-2H3,(H,26,28)/t18-/m1/s1. The molecule has 0 fully saturated rings. The van der Waals surface area contributed by atoms with E-state index in [2.05, 4.69) is 21.2 Å². The number of carbonyl (C=O) groups is 1. The molecule has 0 aliphatic carbocycles. The van der Waals surface area contributed by atoms with Gasteiger partial charge in [0.05, 0.1) is 24.6 Å². The number of nitrogens with one attached hydrogen (secondary N) is 1. The largest absolute Gasteiger partial charge is 0.497 e. The van der Waals surface area contributed by atoms with Crippen LogP contribution in [0.4, 0.5) is 0 Å². The fourth-order valence-electron chi connectivity index (χ4n) is 3.22. The van der Waals surface area contributed by atoms with Crippen LogP contribution in [0, 0.1) is 0 Å². The Labute approximate surface area is 197 Å². The number of methoxy groups -OCH3 is 1. The molecule has 3 aromatic rings. The number of sulfonamides is 1. The van der Waals surface area contributed by atoms with Crippen molar-refractivity contribution in [2.75, 3.05) is 13.7 Å². The molecule has 0 aromatic heterocycles. The first-order valence-corrected chi connectivity index (χ1v) is 12.3. The van der Waals surface area contributed by atoms with Gasteiger partial charge in [-0.15, -0.1) is 0 Å². The molecule has 3 aromatic carbocycles. The maximum Gasteiger partial charge on any atom is 0.243 e. The Morgan fingerprint density at radius 3 is 2.34 bits per heavy atom. The molecular formula is C24H25BrN2O4S. The van der Waals surface area contributed by atoms with Crippen LogP contribution in [0.1, 0.15) is 24.1 Å². The Balaban J connectivity index is 1.82. The van der Waals surface area contributed by atoms with E-state index in [9.17, 15) is 13.2 Å². The summed E-state index contributed by atoms with van der Waals surface area (Å²) in [6, 6.07) is 22.7. The van der Waals surface area contributed by atoms with Crippen LogP contribution >= 0.6 is 15.9 Å². The molecule has 0 radical (unpaired) electrons. The van der Waals surface area contributed by atoms with E-state index in [1.165, 1.54) is 23.5 Å². The minimum Gasteiger partial charge on any atom is -0.497 e. The predicted molar refractivity (Wildman–Crippen MR) is 128 cm³/mol. The van der Waals surface area contributed by atoms with Crippen molar-refractivity contribution in [3.05, 3.63) is 94.5 Å². The van der Waals surface area contributed by atoms with Crippen molar-refractivity contribution in [1.82, 2.24) is 9.62 Å². The molecule has 6 nitrogen and oxygen atoms in total. The van der Waals surface area contributed by atoms with E-state index in [1.54, 1.807) is 12.1 Å². The third-order valence-electron chi connectivity index (χ3n) is 4.95. The molecule has 0 bridgehead atoms. The third kappa shape index (κ3) is 6.18. The van der Waals surface area contributed by atoms with Crippen LogP contribution in [0.25, 0.3) is 0 Å². The van der Waals surface area contributed by atoms with Gasteiger partial charge in [-0.05, 0) is 54.4 Å². The lowest BCUT2D eigenvalue weighted by Crippen LogP contribution is -2.41. The van der Waals surface area contributed by atoms with Gasteiger partial charge < -0.3 is 10.1 Å². The van der Waals surface area contributed by atoms with E-state index in [0.29, 0.717) is 5.75 Å². The molecule has 0 aliphatic rings. The predicted octanol–water partition coefficient (Wildman–Crippen LogP) is 4.53. The lowest BCUT2D eigenvalue weighted by molar-refractivity contribution is -0.122. The van der Waals surface area contributed by atoms with E-state index in [-0.39, 0.29) is 29.9 Å². The summed E-state index contributed by atoms with van der Waals surface area (Å²) in [7, 11) is -2.40. The molecule has 0 aliphatic heterocycles. The van der Waals surface area contributed by atoms with Gasteiger partial charge in [-0.1, -0.05) is 58.4 Å². The fraction of sp³-hybridized carbons (Fsp3) is 0.208. The SMILES string of the molecule is COc1ccc(S(=O)(=O)N(CC(=O)N[C@H](C)c2cccc(Br)c2)Cc2ccccc2)cc1. The van der Waals surface area contributed by atoms with Gasteiger partial charge in [-0.2, -0.15) is 4.31 Å². The van der Waals surface area contributed by atoms with Crippen LogP contribution in [0.3, 0.4) is 0 Å². The lowest BCUT2D eigenvalue weighted by Gasteiger charge is -2.23. The zero-order chi connectivity index (χ0) is 23.1. The molecule has 8 heteroatoms. The van der Waals surface area contributed by atoms with Crippen LogP contribution in [0.15, 0.2) is 88.2 Å². The highest BCUT2D eigenvalue weighted by molar-refractivity contribution is 9.10. The average Bonchev–Trinajstić information content (AvgIpc) is 2.79. The first-order valence-electron chi connectivity index (χ1n) is 10.0. The van der Waals surface area contributed by atoms with Crippen LogP contribution in [-0.4, -0.2) is 32.3 Å². The molecular weight excluding hydrogens is 492 g/mol. The number of hydrogen-bond donors (Lipinski definition) is 1. The normalized spacial score (nSPS) is 12.4. The minimum atomic E-state index is -3.92. The van der Waals surface area contributed by atoms with Gasteiger partial charge in [0.1, 0.15) is 5.75 Å². The number of carbonyl (C=O) groups excluding carboxylic acids is 1. The molecule has 0 heterocycles. The van der Waals surface area contributed by atoms with E-state index in [0.717, 1.165) is 15.6 Å². The van der Waals surface area contributed by atoms with E-state index < -0.39 is 10.0 Å². The second-order valence-electron chi connectivity index (χ2n) is 7.28. The van der Waals surface area contributed by atoms with E-state index in [1.807, 2.05) is 61.5 Å². The number of rotatable bonds is 9. The summed E-state index contributed by atoms with van der Waals surface area (Å²) in [5.41, 5.74) is 1.71. The third-order valence-corrected chi connectivity index (χ3v) is 7.24. The minimum absolute atomic E-state index is 0.0773. The van der Waals surface area contributed by atoms with Crippen molar-refractivity contribution in [2.45, 2.75) is 24.4 Å². The van der Waals surface area contributed by atoms with Crippen molar-refractivity contribution in [3.8, 4) is 5.75 Å². The van der Waals surface area contributed by atoms with Gasteiger partial charge in [0.15, 0.2) is 0 Å². The number of hydrogen-bond acceptors (Lipinski definition) is 4. The summed E-state index contributed by atoms with van der Waals surface area (Å²) < 4.78 is 34.0. The molecule has 0 unspecified atom stereocenters. The summed E-state index contributed by atoms with van der Waals surface area (Å²) in [5, 5.41) is 2.90. The van der Waals surface area contributed by atoms with Gasteiger partial charge in [0, 0.05) is 11.0 Å². The summed E-state index contributed by atoms with van der Waals surface area (Å²) in [4.78, 5) is 12.9. The van der Waals surface area contributed by atoms with Crippen molar-refractivity contribution in [1.29, 1.82) is 0 Å². The van der Waals surface area contributed by atoms with Crippen molar-refractivity contribution >= 4 is 31.9 Å². The summed E-state index contributed by atoms with van der Waals surface area (Å²) in [6.45, 7) is 1.63. The highest BCUT2D eigenvalue weighted by Crippen LogP contribution is 2.22. The summed E-state index contributed by atoms with van der Waals surface area (Å²) in [6.07, 6.45) is 0. The quantitative estimate of drug-likeness (QED) is 0.453. The first-order chi connectivity index (χ1) is 15.3. The Kier molecular flexibility index (Phi) is 8.06. The number of ether oxygens (including phenoxy) is 1. The summed E-state index contributed by atoms with van der Waals surface area (Å²) in [5.74, 6) is 0.171. The zero-order valence-electron chi connectivity index (χ0n) is 17.9. The number of nitrogens with zero attached hydrogens (tertiary/aromatic N) is 1. The second kappa shape index (κ2) is 10.8. The monoisotopic (exact) mass is 516 g/mol. The number of amides is 1. The maximum absolute atomic E-state index is 13.4. The molecule has 0 saturated heterocycles. The highest BCUT2D eigenvalue weighted by Gasteiger charge is 2.27. The zero-order valence-corrected chi connectivity index (χ0v) is 20.3. The van der Waals surface area contributed by atoms with Gasteiger partial charge in [0.2, 0.25) is 15.9 Å². The smallest absolute Gasteiger partial charge is 0.243 e. The molecule has 1 amide bonds. The molecule has 32 heavy (non-hydrogen) atoms. The molecule has 3 rings (SSSR count). The lowest BCUT2D eigenvalue weighted by atomic mass is 10.1. The van der Waals surface area contributed by atoms with Crippen LogP contribution in [0.5, 0.6) is 5.75 Å². The summed E-state index contributed by atoms with van der Waals surface area (Å²) >= 11 is 3.43. The average molecular weight is 517 g/mol. The Morgan fingerprint density at radius 1 is 1.03 bits per heavy atom. The molecule has 1 atom stereocenters. The number of benzene rings is 3. The van der Waals surface area contributed by atoms with Crippen molar-refractivity contribution < 1.29 is 17.9 Å². The van der Waals surface area contributed by atoms with Gasteiger partial charge in [-0.3, -0.25) is 4.79 Å². The van der Waals surface area contributed by atoms with E-state index >= 15 is 0 Å². The number of halogens is 1. The van der Waals surface area contributed by atoms with Crippen LogP contribution in [0.2, 0.25) is 0 Å². The first kappa shape index (κ1) is 24.0. The Morgan fingerprint density at radius 2 is 1.72 bits per heavy atom. The van der Waals surface area contributed by atoms with Gasteiger partial charge in [0.25, 0.3) is 0 Å². The molecule has 0 spiro atoms. The van der Waals surface area contributed by atoms with Crippen LogP contribution < -0.4 is 10.1 Å². The fourth-order valence-corrected chi connectivity index (χ4v) is 5.02. The van der Waals surface area contributed by atoms with Crippen molar-refractivity contribution in [2.24, 2.45) is 0 Å². The Bertz CT molecular complexity index is 1150. The maximum atomic E-state index is 13.4. The van der Waals surface area contributed by atoms with Gasteiger partial charge >= 0.3 is 0 Å². The van der Waals surface area contributed by atoms with Crippen LogP contribution in [-0.2, 0) is 21.4 Å². The molecule has 0 saturated carbocycles. The molecule has 168 valence electrons. The van der Waals surface area contributed by atoms with E-state index in [4.69, 9.17) is 4.74 Å². The van der Waals surface area contributed by atoms with Crippen molar-refractivity contribution in [3.63, 3.8) is 0 Å². The highest BCUT2D eigenvalue weighted by atomic mass is 79.9. The van der Waals surface area contributed by atoms with Gasteiger partial charge in [-0.25, -0.2) is 8.42 Å².